The van der Waals surface area contributed by atoms with E-state index in [4.69, 9.17) is 25.8 Å². The van der Waals surface area contributed by atoms with Crippen LogP contribution in [0.3, 0.4) is 0 Å². The first kappa shape index (κ1) is 17.7. The summed E-state index contributed by atoms with van der Waals surface area (Å²) in [6, 6.07) is 9.54. The molecule has 1 N–H and O–H groups in total. The van der Waals surface area contributed by atoms with Crippen molar-refractivity contribution in [1.82, 2.24) is 0 Å². The second-order valence-corrected chi connectivity index (χ2v) is 5.20. The van der Waals surface area contributed by atoms with Crippen LogP contribution in [-0.4, -0.2) is 32.2 Å². The minimum absolute atomic E-state index is 0.0502. The normalized spacial score (nSPS) is 11.1. The topological polar surface area (TPSA) is 65.0 Å². The predicted molar refractivity (Wildman–Crippen MR) is 92.4 cm³/mol. The Morgan fingerprint density at radius 1 is 1.04 bits per heavy atom. The van der Waals surface area contributed by atoms with Crippen molar-refractivity contribution < 1.29 is 24.1 Å². The molecule has 2 aromatic rings. The fourth-order valence-corrected chi connectivity index (χ4v) is 2.42. The first-order valence-electron chi connectivity index (χ1n) is 7.01. The molecule has 24 heavy (non-hydrogen) atoms. The van der Waals surface area contributed by atoms with Gasteiger partial charge in [0.25, 0.3) is 0 Å². The number of aromatic hydroxyl groups is 1. The van der Waals surface area contributed by atoms with E-state index in [9.17, 15) is 9.90 Å². The molecule has 126 valence electrons. The van der Waals surface area contributed by atoms with Crippen molar-refractivity contribution in [2.24, 2.45) is 0 Å². The number of methoxy groups -OCH3 is 3. The van der Waals surface area contributed by atoms with Gasteiger partial charge in [-0.25, -0.2) is 0 Å². The van der Waals surface area contributed by atoms with Gasteiger partial charge >= 0.3 is 0 Å². The number of benzene rings is 2. The van der Waals surface area contributed by atoms with Crippen LogP contribution < -0.4 is 14.2 Å². The molecule has 0 atom stereocenters. The van der Waals surface area contributed by atoms with Crippen LogP contribution in [0.5, 0.6) is 23.0 Å². The van der Waals surface area contributed by atoms with Crippen molar-refractivity contribution in [3.63, 3.8) is 0 Å². The summed E-state index contributed by atoms with van der Waals surface area (Å²) in [7, 11) is 4.50. The number of ketones is 1. The van der Waals surface area contributed by atoms with Gasteiger partial charge in [0.2, 0.25) is 11.5 Å². The van der Waals surface area contributed by atoms with Gasteiger partial charge in [-0.15, -0.1) is 0 Å². The Morgan fingerprint density at radius 2 is 1.62 bits per heavy atom. The van der Waals surface area contributed by atoms with Crippen molar-refractivity contribution in [1.29, 1.82) is 0 Å². The molecule has 0 heterocycles. The zero-order valence-corrected chi connectivity index (χ0v) is 14.3. The van der Waals surface area contributed by atoms with Gasteiger partial charge in [-0.05, 0) is 35.9 Å². The molecule has 2 aromatic carbocycles. The number of halogens is 1. The molecule has 0 aliphatic heterocycles. The van der Waals surface area contributed by atoms with E-state index in [1.54, 1.807) is 24.3 Å². The number of phenols is 1. The summed E-state index contributed by atoms with van der Waals surface area (Å²) in [4.78, 5) is 12.4. The molecule has 0 bridgehead atoms. The van der Waals surface area contributed by atoms with Gasteiger partial charge in [-0.3, -0.25) is 4.79 Å². The quantitative estimate of drug-likeness (QED) is 0.634. The minimum Gasteiger partial charge on any atom is -0.507 e. The maximum absolute atomic E-state index is 12.4. The van der Waals surface area contributed by atoms with Crippen LogP contribution in [0.4, 0.5) is 0 Å². The average Bonchev–Trinajstić information content (AvgIpc) is 2.60. The Labute approximate surface area is 145 Å². The zero-order valence-electron chi connectivity index (χ0n) is 13.5. The molecule has 0 aliphatic rings. The monoisotopic (exact) mass is 348 g/mol. The maximum Gasteiger partial charge on any atom is 0.208 e. The van der Waals surface area contributed by atoms with Crippen LogP contribution in [0.15, 0.2) is 41.4 Å². The molecule has 5 nitrogen and oxygen atoms in total. The van der Waals surface area contributed by atoms with Gasteiger partial charge in [-0.1, -0.05) is 23.7 Å². The standard InChI is InChI=1S/C18H17ClO5/c1-22-15-9-11(10-16(23-2)18(15)24-3)8-13(19)17(21)12-6-4-5-7-14(12)20/h4-10,20H,1-3H3. The lowest BCUT2D eigenvalue weighted by Gasteiger charge is -2.13. The fourth-order valence-electron chi connectivity index (χ4n) is 2.19. The fraction of sp³-hybridized carbons (Fsp3) is 0.167. The molecular weight excluding hydrogens is 332 g/mol. The number of phenolic OH excluding ortho intramolecular Hbond substituents is 1. The van der Waals surface area contributed by atoms with E-state index in [2.05, 4.69) is 0 Å². The first-order chi connectivity index (χ1) is 11.5. The van der Waals surface area contributed by atoms with Gasteiger partial charge in [0, 0.05) is 0 Å². The second kappa shape index (κ2) is 7.75. The Bertz CT molecular complexity index is 758. The smallest absolute Gasteiger partial charge is 0.208 e. The van der Waals surface area contributed by atoms with E-state index < -0.39 is 5.78 Å². The largest absolute Gasteiger partial charge is 0.507 e. The lowest BCUT2D eigenvalue weighted by molar-refractivity contribution is 0.104. The van der Waals surface area contributed by atoms with Crippen LogP contribution in [0.1, 0.15) is 15.9 Å². The highest BCUT2D eigenvalue weighted by Gasteiger charge is 2.16. The Morgan fingerprint density at radius 3 is 2.12 bits per heavy atom. The van der Waals surface area contributed by atoms with Crippen LogP contribution in [0, 0.1) is 0 Å². The third kappa shape index (κ3) is 3.63. The van der Waals surface area contributed by atoms with Crippen LogP contribution >= 0.6 is 11.6 Å². The van der Waals surface area contributed by atoms with E-state index in [0.717, 1.165) is 0 Å². The van der Waals surface area contributed by atoms with Crippen molar-refractivity contribution in [3.05, 3.63) is 52.6 Å². The van der Waals surface area contributed by atoms with E-state index in [-0.39, 0.29) is 16.3 Å². The van der Waals surface area contributed by atoms with E-state index in [1.807, 2.05) is 0 Å². The summed E-state index contributed by atoms with van der Waals surface area (Å²) in [6.07, 6.45) is 1.47. The summed E-state index contributed by atoms with van der Waals surface area (Å²) in [5, 5.41) is 9.72. The van der Waals surface area contributed by atoms with Crippen molar-refractivity contribution in [3.8, 4) is 23.0 Å². The van der Waals surface area contributed by atoms with Gasteiger partial charge in [0.1, 0.15) is 5.75 Å². The van der Waals surface area contributed by atoms with E-state index >= 15 is 0 Å². The molecule has 0 spiro atoms. The van der Waals surface area contributed by atoms with Crippen molar-refractivity contribution in [2.45, 2.75) is 0 Å². The molecule has 0 saturated carbocycles. The number of para-hydroxylation sites is 1. The second-order valence-electron chi connectivity index (χ2n) is 4.80. The Kier molecular flexibility index (Phi) is 5.71. The van der Waals surface area contributed by atoms with E-state index in [1.165, 1.54) is 39.5 Å². The maximum atomic E-state index is 12.4. The number of carbonyl (C=O) groups excluding carboxylic acids is 1. The molecule has 0 fully saturated rings. The third-order valence-corrected chi connectivity index (χ3v) is 3.63. The Hall–Kier alpha value is -2.66. The van der Waals surface area contributed by atoms with Crippen LogP contribution in [0.2, 0.25) is 0 Å². The highest BCUT2D eigenvalue weighted by molar-refractivity contribution is 6.47. The molecular formula is C18H17ClO5. The molecule has 0 amide bonds. The van der Waals surface area contributed by atoms with Gasteiger partial charge < -0.3 is 19.3 Å². The lowest BCUT2D eigenvalue weighted by Crippen LogP contribution is -2.00. The number of hydrogen-bond acceptors (Lipinski definition) is 5. The van der Waals surface area contributed by atoms with Crippen molar-refractivity contribution >= 4 is 23.5 Å². The average molecular weight is 349 g/mol. The highest BCUT2D eigenvalue weighted by atomic mass is 35.5. The molecule has 0 aliphatic carbocycles. The molecule has 2 rings (SSSR count). The summed E-state index contributed by atoms with van der Waals surface area (Å²) >= 11 is 6.12. The number of hydrogen-bond donors (Lipinski definition) is 1. The lowest BCUT2D eigenvalue weighted by atomic mass is 10.1. The first-order valence-corrected chi connectivity index (χ1v) is 7.39. The highest BCUT2D eigenvalue weighted by Crippen LogP contribution is 2.39. The zero-order chi connectivity index (χ0) is 17.7. The SMILES string of the molecule is COc1cc(C=C(Cl)C(=O)c2ccccc2O)cc(OC)c1OC. The van der Waals surface area contributed by atoms with Crippen molar-refractivity contribution in [2.75, 3.05) is 21.3 Å². The van der Waals surface area contributed by atoms with Crippen LogP contribution in [-0.2, 0) is 0 Å². The predicted octanol–water partition coefficient (Wildman–Crippen LogP) is 3.88. The number of rotatable bonds is 6. The number of allylic oxidation sites excluding steroid dienone is 1. The summed E-state index contributed by atoms with van der Waals surface area (Å²) in [5.74, 6) is 0.730. The Balaban J connectivity index is 2.43. The van der Waals surface area contributed by atoms with Gasteiger partial charge in [-0.2, -0.15) is 0 Å². The summed E-state index contributed by atoms with van der Waals surface area (Å²) < 4.78 is 15.8. The van der Waals surface area contributed by atoms with Gasteiger partial charge in [0.15, 0.2) is 11.5 Å². The van der Waals surface area contributed by atoms with E-state index in [0.29, 0.717) is 22.8 Å². The summed E-state index contributed by atoms with van der Waals surface area (Å²) in [5.41, 5.74) is 0.726. The molecule has 0 aromatic heterocycles. The summed E-state index contributed by atoms with van der Waals surface area (Å²) in [6.45, 7) is 0. The molecule has 6 heteroatoms. The van der Waals surface area contributed by atoms with Gasteiger partial charge in [0.05, 0.1) is 31.9 Å². The third-order valence-electron chi connectivity index (χ3n) is 3.35. The molecule has 0 radical (unpaired) electrons. The minimum atomic E-state index is -0.483. The number of Topliss-reactive ketones (excluding diaryl/α,β-unsaturated/α-hetero) is 1. The molecule has 0 saturated heterocycles. The number of carbonyl (C=O) groups is 1. The van der Waals surface area contributed by atoms with Crippen LogP contribution in [0.25, 0.3) is 6.08 Å². The molecule has 0 unspecified atom stereocenters. The number of ether oxygens (including phenoxy) is 3.